The van der Waals surface area contributed by atoms with E-state index in [-0.39, 0.29) is 5.91 Å². The lowest BCUT2D eigenvalue weighted by Crippen LogP contribution is -2.17. The molecule has 4 nitrogen and oxygen atoms in total. The lowest BCUT2D eigenvalue weighted by molar-refractivity contribution is -0.114. The van der Waals surface area contributed by atoms with Gasteiger partial charge in [-0.25, -0.2) is 4.98 Å². The third-order valence-electron chi connectivity index (χ3n) is 3.13. The predicted octanol–water partition coefficient (Wildman–Crippen LogP) is 2.85. The summed E-state index contributed by atoms with van der Waals surface area (Å²) >= 11 is 1.52. The van der Waals surface area contributed by atoms with Crippen LogP contribution < -0.4 is 10.2 Å². The minimum absolute atomic E-state index is 0.0752. The Balaban J connectivity index is 1.93. The molecule has 1 aliphatic heterocycles. The highest BCUT2D eigenvalue weighted by molar-refractivity contribution is 7.22. The van der Waals surface area contributed by atoms with E-state index in [4.69, 9.17) is 0 Å². The van der Waals surface area contributed by atoms with Crippen LogP contribution in [0.15, 0.2) is 18.2 Å². The zero-order valence-electron chi connectivity index (χ0n) is 10.3. The number of hydrogen-bond acceptors (Lipinski definition) is 4. The number of hydrogen-bond donors (Lipinski definition) is 1. The molecule has 0 atom stereocenters. The molecule has 0 aliphatic carbocycles. The van der Waals surface area contributed by atoms with Gasteiger partial charge in [-0.3, -0.25) is 4.79 Å². The van der Waals surface area contributed by atoms with Gasteiger partial charge in [-0.2, -0.15) is 0 Å². The largest absolute Gasteiger partial charge is 0.371 e. The third kappa shape index (κ3) is 2.18. The number of benzene rings is 1. The lowest BCUT2D eigenvalue weighted by atomic mass is 10.3. The summed E-state index contributed by atoms with van der Waals surface area (Å²) < 4.78 is 1.11. The number of nitrogens with one attached hydrogen (secondary N) is 1. The molecule has 0 radical (unpaired) electrons. The number of thiazole rings is 1. The summed E-state index contributed by atoms with van der Waals surface area (Å²) in [6.45, 7) is 3.77. The van der Waals surface area contributed by atoms with Gasteiger partial charge in [0.15, 0.2) is 5.13 Å². The number of carbonyl (C=O) groups excluding carboxylic acids is 1. The molecule has 18 heavy (non-hydrogen) atoms. The van der Waals surface area contributed by atoms with E-state index in [0.717, 1.165) is 23.3 Å². The van der Waals surface area contributed by atoms with Gasteiger partial charge in [0.1, 0.15) is 0 Å². The van der Waals surface area contributed by atoms with Crippen molar-refractivity contribution in [3.05, 3.63) is 18.2 Å². The van der Waals surface area contributed by atoms with Gasteiger partial charge in [-0.1, -0.05) is 11.3 Å². The second-order valence-electron chi connectivity index (χ2n) is 4.55. The molecule has 1 aromatic carbocycles. The zero-order chi connectivity index (χ0) is 12.5. The van der Waals surface area contributed by atoms with E-state index in [9.17, 15) is 4.79 Å². The molecule has 2 aromatic rings. The Hall–Kier alpha value is -1.62. The Labute approximate surface area is 110 Å². The van der Waals surface area contributed by atoms with Gasteiger partial charge >= 0.3 is 0 Å². The van der Waals surface area contributed by atoms with Crippen LogP contribution in [-0.2, 0) is 4.79 Å². The first-order chi connectivity index (χ1) is 8.72. The molecule has 1 N–H and O–H groups in total. The molecule has 2 heterocycles. The first-order valence-corrected chi connectivity index (χ1v) is 6.97. The van der Waals surface area contributed by atoms with Crippen LogP contribution in [0.3, 0.4) is 0 Å². The summed E-state index contributed by atoms with van der Waals surface area (Å²) in [5.41, 5.74) is 2.20. The van der Waals surface area contributed by atoms with Crippen LogP contribution in [0.5, 0.6) is 0 Å². The Morgan fingerprint density at radius 2 is 2.17 bits per heavy atom. The smallest absolute Gasteiger partial charge is 0.223 e. The van der Waals surface area contributed by atoms with Gasteiger partial charge in [0.05, 0.1) is 10.2 Å². The van der Waals surface area contributed by atoms with Crippen molar-refractivity contribution in [2.45, 2.75) is 19.8 Å². The second-order valence-corrected chi connectivity index (χ2v) is 5.58. The van der Waals surface area contributed by atoms with E-state index in [2.05, 4.69) is 33.4 Å². The highest BCUT2D eigenvalue weighted by atomic mass is 32.1. The minimum Gasteiger partial charge on any atom is -0.371 e. The lowest BCUT2D eigenvalue weighted by Gasteiger charge is -2.16. The van der Waals surface area contributed by atoms with Crippen molar-refractivity contribution in [2.75, 3.05) is 23.3 Å². The topological polar surface area (TPSA) is 45.2 Å². The number of anilines is 2. The van der Waals surface area contributed by atoms with Gasteiger partial charge in [0.25, 0.3) is 0 Å². The fourth-order valence-electron chi connectivity index (χ4n) is 2.29. The highest BCUT2D eigenvalue weighted by Gasteiger charge is 2.13. The van der Waals surface area contributed by atoms with Crippen molar-refractivity contribution >= 4 is 38.3 Å². The number of aromatic nitrogens is 1. The minimum atomic E-state index is -0.0752. The summed E-state index contributed by atoms with van der Waals surface area (Å²) in [7, 11) is 0. The molecule has 3 rings (SSSR count). The maximum atomic E-state index is 11.0. The Morgan fingerprint density at radius 1 is 1.39 bits per heavy atom. The van der Waals surface area contributed by atoms with Gasteiger partial charge in [0, 0.05) is 25.7 Å². The average Bonchev–Trinajstić information content (AvgIpc) is 2.94. The molecule has 1 saturated heterocycles. The maximum absolute atomic E-state index is 11.0. The van der Waals surface area contributed by atoms with Crippen LogP contribution in [0.2, 0.25) is 0 Å². The van der Waals surface area contributed by atoms with Crippen molar-refractivity contribution in [2.24, 2.45) is 0 Å². The number of rotatable bonds is 2. The second kappa shape index (κ2) is 4.57. The molecule has 1 aliphatic rings. The molecule has 1 amide bonds. The van der Waals surface area contributed by atoms with Crippen molar-refractivity contribution in [3.8, 4) is 0 Å². The Kier molecular flexibility index (Phi) is 2.91. The van der Waals surface area contributed by atoms with Gasteiger partial charge in [-0.15, -0.1) is 0 Å². The van der Waals surface area contributed by atoms with Crippen molar-refractivity contribution in [1.29, 1.82) is 0 Å². The van der Waals surface area contributed by atoms with Gasteiger partial charge < -0.3 is 10.2 Å². The standard InChI is InChI=1S/C13H15N3OS/c1-9(17)14-13-15-11-8-10(4-5-12(11)18-13)16-6-2-3-7-16/h4-5,8H,2-3,6-7H2,1H3,(H,14,15,17). The molecule has 0 spiro atoms. The third-order valence-corrected chi connectivity index (χ3v) is 4.08. The van der Waals surface area contributed by atoms with E-state index in [1.807, 2.05) is 0 Å². The van der Waals surface area contributed by atoms with E-state index in [0.29, 0.717) is 5.13 Å². The van der Waals surface area contributed by atoms with E-state index >= 15 is 0 Å². The molecule has 1 aromatic heterocycles. The summed E-state index contributed by atoms with van der Waals surface area (Å²) in [6, 6.07) is 6.35. The quantitative estimate of drug-likeness (QED) is 0.904. The van der Waals surface area contributed by atoms with Crippen molar-refractivity contribution in [1.82, 2.24) is 4.98 Å². The molecule has 0 bridgehead atoms. The summed E-state index contributed by atoms with van der Waals surface area (Å²) in [5, 5.41) is 3.42. The number of carbonyl (C=O) groups is 1. The molecule has 5 heteroatoms. The number of nitrogens with zero attached hydrogens (tertiary/aromatic N) is 2. The van der Waals surface area contributed by atoms with Crippen LogP contribution in [0.4, 0.5) is 10.8 Å². The van der Waals surface area contributed by atoms with Crippen LogP contribution >= 0.6 is 11.3 Å². The molecule has 1 fully saturated rings. The maximum Gasteiger partial charge on any atom is 0.223 e. The first kappa shape index (κ1) is 11.5. The fourth-order valence-corrected chi connectivity index (χ4v) is 3.18. The van der Waals surface area contributed by atoms with E-state index < -0.39 is 0 Å². The Morgan fingerprint density at radius 3 is 2.89 bits per heavy atom. The van der Waals surface area contributed by atoms with Gasteiger partial charge in [-0.05, 0) is 31.0 Å². The molecule has 94 valence electrons. The summed E-state index contributed by atoms with van der Waals surface area (Å²) in [6.07, 6.45) is 2.54. The summed E-state index contributed by atoms with van der Waals surface area (Å²) in [4.78, 5) is 17.8. The monoisotopic (exact) mass is 261 g/mol. The fraction of sp³-hybridized carbons (Fsp3) is 0.385. The molecule has 0 unspecified atom stereocenters. The predicted molar refractivity (Wildman–Crippen MR) is 75.4 cm³/mol. The highest BCUT2D eigenvalue weighted by Crippen LogP contribution is 2.30. The molecular formula is C13H15N3OS. The van der Waals surface area contributed by atoms with E-state index in [1.165, 1.54) is 36.8 Å². The zero-order valence-corrected chi connectivity index (χ0v) is 11.1. The van der Waals surface area contributed by atoms with Crippen LogP contribution in [-0.4, -0.2) is 24.0 Å². The average molecular weight is 261 g/mol. The van der Waals surface area contributed by atoms with E-state index in [1.54, 1.807) is 0 Å². The Bertz CT molecular complexity index is 587. The van der Waals surface area contributed by atoms with Crippen molar-refractivity contribution < 1.29 is 4.79 Å². The molecule has 0 saturated carbocycles. The van der Waals surface area contributed by atoms with Crippen molar-refractivity contribution in [3.63, 3.8) is 0 Å². The number of fused-ring (bicyclic) bond motifs is 1. The first-order valence-electron chi connectivity index (χ1n) is 6.15. The van der Waals surface area contributed by atoms with Crippen LogP contribution in [0, 0.1) is 0 Å². The van der Waals surface area contributed by atoms with Crippen LogP contribution in [0.1, 0.15) is 19.8 Å². The van der Waals surface area contributed by atoms with Gasteiger partial charge in [0.2, 0.25) is 5.91 Å². The summed E-state index contributed by atoms with van der Waals surface area (Å²) in [5.74, 6) is -0.0752. The SMILES string of the molecule is CC(=O)Nc1nc2cc(N3CCCC3)ccc2s1. The molecular weight excluding hydrogens is 246 g/mol. The normalized spacial score (nSPS) is 15.3. The van der Waals surface area contributed by atoms with Crippen LogP contribution in [0.25, 0.3) is 10.2 Å². The number of amides is 1.